The lowest BCUT2D eigenvalue weighted by Crippen LogP contribution is -2.38. The average Bonchev–Trinajstić information content (AvgIpc) is 2.98. The van der Waals surface area contributed by atoms with Crippen LogP contribution in [0.2, 0.25) is 0 Å². The van der Waals surface area contributed by atoms with E-state index < -0.39 is 0 Å². The van der Waals surface area contributed by atoms with Crippen LogP contribution in [0.3, 0.4) is 0 Å². The molecule has 22 heavy (non-hydrogen) atoms. The van der Waals surface area contributed by atoms with Crippen molar-refractivity contribution < 1.29 is 4.79 Å². The Hall–Kier alpha value is -1.35. The number of piperidine rings is 1. The van der Waals surface area contributed by atoms with E-state index in [1.165, 1.54) is 37.7 Å². The lowest BCUT2D eigenvalue weighted by atomic mass is 9.76. The first-order valence-corrected chi connectivity index (χ1v) is 8.90. The van der Waals surface area contributed by atoms with Crippen molar-refractivity contribution >= 4 is 5.91 Å². The summed E-state index contributed by atoms with van der Waals surface area (Å²) in [5, 5.41) is 6.77. The van der Waals surface area contributed by atoms with Gasteiger partial charge in [-0.3, -0.25) is 4.79 Å². The highest BCUT2D eigenvalue weighted by molar-refractivity contribution is 5.84. The molecule has 1 saturated heterocycles. The monoisotopic (exact) mass is 298 g/mol. The molecule has 1 aliphatic heterocycles. The minimum atomic E-state index is 0.0517. The Bertz CT molecular complexity index is 513. The molecule has 4 atom stereocenters. The van der Waals surface area contributed by atoms with E-state index in [4.69, 9.17) is 0 Å². The molecule has 4 rings (SSSR count). The van der Waals surface area contributed by atoms with Gasteiger partial charge in [0.25, 0.3) is 0 Å². The number of hydrogen-bond acceptors (Lipinski definition) is 2. The highest BCUT2D eigenvalue weighted by Crippen LogP contribution is 2.43. The Morgan fingerprint density at radius 3 is 2.41 bits per heavy atom. The fourth-order valence-electron chi connectivity index (χ4n) is 4.65. The smallest absolute Gasteiger partial charge is 0.228 e. The largest absolute Gasteiger partial charge is 0.352 e. The highest BCUT2D eigenvalue weighted by atomic mass is 16.2. The third-order valence-corrected chi connectivity index (χ3v) is 5.96. The van der Waals surface area contributed by atoms with Gasteiger partial charge in [0, 0.05) is 19.1 Å². The molecule has 0 aromatic heterocycles. The second-order valence-electron chi connectivity index (χ2n) is 7.31. The van der Waals surface area contributed by atoms with E-state index in [1.807, 2.05) is 6.07 Å². The molecule has 3 nitrogen and oxygen atoms in total. The maximum Gasteiger partial charge on any atom is 0.228 e. The van der Waals surface area contributed by atoms with Crippen LogP contribution in [0.25, 0.3) is 0 Å². The molecule has 2 saturated carbocycles. The van der Waals surface area contributed by atoms with Gasteiger partial charge in [-0.25, -0.2) is 0 Å². The quantitative estimate of drug-likeness (QED) is 0.897. The molecule has 3 fully saturated rings. The Morgan fingerprint density at radius 2 is 1.73 bits per heavy atom. The van der Waals surface area contributed by atoms with Gasteiger partial charge in [0.05, 0.1) is 5.92 Å². The van der Waals surface area contributed by atoms with Gasteiger partial charge in [-0.1, -0.05) is 49.6 Å². The van der Waals surface area contributed by atoms with Crippen LogP contribution in [0.15, 0.2) is 30.3 Å². The summed E-state index contributed by atoms with van der Waals surface area (Å²) >= 11 is 0. The second kappa shape index (κ2) is 6.04. The number of carbonyl (C=O) groups is 1. The predicted molar refractivity (Wildman–Crippen MR) is 87.5 cm³/mol. The average molecular weight is 298 g/mol. The van der Waals surface area contributed by atoms with Gasteiger partial charge >= 0.3 is 0 Å². The van der Waals surface area contributed by atoms with E-state index in [9.17, 15) is 4.79 Å². The van der Waals surface area contributed by atoms with Gasteiger partial charge in [-0.05, 0) is 36.2 Å². The summed E-state index contributed by atoms with van der Waals surface area (Å²) in [6, 6.07) is 10.9. The van der Waals surface area contributed by atoms with Gasteiger partial charge < -0.3 is 10.6 Å². The highest BCUT2D eigenvalue weighted by Gasteiger charge is 2.54. The topological polar surface area (TPSA) is 41.1 Å². The summed E-state index contributed by atoms with van der Waals surface area (Å²) in [5.74, 6) is 2.22. The first-order valence-electron chi connectivity index (χ1n) is 8.90. The zero-order valence-corrected chi connectivity index (χ0v) is 13.1. The molecule has 1 amide bonds. The SMILES string of the molecule is O=C(NC1C2CNC[C@@H]21)[C@H](c1ccccc1)C1CCCCC1. The van der Waals surface area contributed by atoms with Crippen molar-refractivity contribution in [2.45, 2.75) is 44.1 Å². The van der Waals surface area contributed by atoms with E-state index in [0.29, 0.717) is 23.8 Å². The van der Waals surface area contributed by atoms with Crippen LogP contribution < -0.4 is 10.6 Å². The third kappa shape index (κ3) is 2.67. The van der Waals surface area contributed by atoms with Crippen molar-refractivity contribution in [3.8, 4) is 0 Å². The van der Waals surface area contributed by atoms with E-state index in [-0.39, 0.29) is 11.8 Å². The lowest BCUT2D eigenvalue weighted by Gasteiger charge is -2.30. The third-order valence-electron chi connectivity index (χ3n) is 5.96. The molecule has 0 radical (unpaired) electrons. The zero-order valence-electron chi connectivity index (χ0n) is 13.1. The van der Waals surface area contributed by atoms with Crippen molar-refractivity contribution in [1.29, 1.82) is 0 Å². The van der Waals surface area contributed by atoms with Crippen molar-refractivity contribution in [3.05, 3.63) is 35.9 Å². The molecule has 1 aromatic carbocycles. The summed E-state index contributed by atoms with van der Waals surface area (Å²) in [7, 11) is 0. The number of fused-ring (bicyclic) bond motifs is 1. The van der Waals surface area contributed by atoms with Crippen molar-refractivity contribution in [1.82, 2.24) is 10.6 Å². The fraction of sp³-hybridized carbons (Fsp3) is 0.632. The Morgan fingerprint density at radius 1 is 1.05 bits per heavy atom. The zero-order chi connectivity index (χ0) is 14.9. The van der Waals surface area contributed by atoms with Crippen LogP contribution in [0.4, 0.5) is 0 Å². The van der Waals surface area contributed by atoms with Gasteiger partial charge in [0.2, 0.25) is 5.91 Å². The normalized spacial score (nSPS) is 32.3. The van der Waals surface area contributed by atoms with Crippen LogP contribution in [-0.4, -0.2) is 25.0 Å². The number of amides is 1. The van der Waals surface area contributed by atoms with E-state index in [2.05, 4.69) is 34.9 Å². The molecular formula is C19H26N2O. The summed E-state index contributed by atoms with van der Waals surface area (Å²) in [5.41, 5.74) is 1.20. The number of benzene rings is 1. The van der Waals surface area contributed by atoms with E-state index in [1.54, 1.807) is 0 Å². The standard InChI is InChI=1S/C19H26N2O/c22-19(21-18-15-11-20-12-16(15)18)17(13-7-3-1-4-8-13)14-9-5-2-6-10-14/h1,3-4,7-8,14-18,20H,2,5-6,9-12H2,(H,21,22)/t15-,16?,17+,18?/m0/s1. The first kappa shape index (κ1) is 14.3. The molecular weight excluding hydrogens is 272 g/mol. The minimum Gasteiger partial charge on any atom is -0.352 e. The molecule has 1 aromatic rings. The molecule has 0 spiro atoms. The van der Waals surface area contributed by atoms with Crippen LogP contribution in [0.1, 0.15) is 43.6 Å². The van der Waals surface area contributed by atoms with Crippen molar-refractivity contribution in [2.24, 2.45) is 17.8 Å². The van der Waals surface area contributed by atoms with Gasteiger partial charge in [0.1, 0.15) is 0 Å². The molecule has 118 valence electrons. The molecule has 3 aliphatic rings. The number of carbonyl (C=O) groups excluding carboxylic acids is 1. The van der Waals surface area contributed by atoms with E-state index in [0.717, 1.165) is 13.1 Å². The summed E-state index contributed by atoms with van der Waals surface area (Å²) in [6.07, 6.45) is 6.29. The van der Waals surface area contributed by atoms with Gasteiger partial charge in [-0.2, -0.15) is 0 Å². The summed E-state index contributed by atoms with van der Waals surface area (Å²) < 4.78 is 0. The molecule has 3 heteroatoms. The fourth-order valence-corrected chi connectivity index (χ4v) is 4.65. The maximum atomic E-state index is 13.0. The maximum absolute atomic E-state index is 13.0. The van der Waals surface area contributed by atoms with Crippen LogP contribution >= 0.6 is 0 Å². The molecule has 2 unspecified atom stereocenters. The minimum absolute atomic E-state index is 0.0517. The Labute approximate surface area is 132 Å². The lowest BCUT2D eigenvalue weighted by molar-refractivity contribution is -0.124. The predicted octanol–water partition coefficient (Wildman–Crippen LogP) is 2.68. The molecule has 2 N–H and O–H groups in total. The van der Waals surface area contributed by atoms with Crippen LogP contribution in [0, 0.1) is 17.8 Å². The van der Waals surface area contributed by atoms with Crippen molar-refractivity contribution in [3.63, 3.8) is 0 Å². The number of hydrogen-bond donors (Lipinski definition) is 2. The Balaban J connectivity index is 1.50. The molecule has 1 heterocycles. The Kier molecular flexibility index (Phi) is 3.91. The van der Waals surface area contributed by atoms with Crippen LogP contribution in [-0.2, 0) is 4.79 Å². The van der Waals surface area contributed by atoms with Gasteiger partial charge in [0.15, 0.2) is 0 Å². The summed E-state index contributed by atoms with van der Waals surface area (Å²) in [4.78, 5) is 13.0. The molecule has 0 bridgehead atoms. The number of nitrogens with one attached hydrogen (secondary N) is 2. The van der Waals surface area contributed by atoms with Crippen LogP contribution in [0.5, 0.6) is 0 Å². The van der Waals surface area contributed by atoms with Gasteiger partial charge in [-0.15, -0.1) is 0 Å². The van der Waals surface area contributed by atoms with E-state index >= 15 is 0 Å². The second-order valence-corrected chi connectivity index (χ2v) is 7.31. The van der Waals surface area contributed by atoms with Crippen molar-refractivity contribution in [2.75, 3.05) is 13.1 Å². The molecule has 2 aliphatic carbocycles. The summed E-state index contributed by atoms with van der Waals surface area (Å²) in [6.45, 7) is 2.16. The first-order chi connectivity index (χ1) is 10.8. The number of rotatable bonds is 4.